The third-order valence-electron chi connectivity index (χ3n) is 1.65. The maximum Gasteiger partial charge on any atom is 0.318 e. The van der Waals surface area contributed by atoms with E-state index in [4.69, 9.17) is 4.74 Å². The van der Waals surface area contributed by atoms with Gasteiger partial charge in [-0.3, -0.25) is 9.36 Å². The van der Waals surface area contributed by atoms with E-state index >= 15 is 0 Å². The van der Waals surface area contributed by atoms with Crippen LogP contribution in [0.1, 0.15) is 12.8 Å². The van der Waals surface area contributed by atoms with Crippen LogP contribution in [0.4, 0.5) is 0 Å². The second kappa shape index (κ2) is 3.88. The van der Waals surface area contributed by atoms with E-state index in [1.165, 1.54) is 7.11 Å². The van der Waals surface area contributed by atoms with Crippen molar-refractivity contribution >= 4 is 14.0 Å². The van der Waals surface area contributed by atoms with Gasteiger partial charge in [-0.1, -0.05) is 0 Å². The topological polar surface area (TPSA) is 52.6 Å². The van der Waals surface area contributed by atoms with E-state index in [9.17, 15) is 9.36 Å². The van der Waals surface area contributed by atoms with Crippen LogP contribution in [0, 0.1) is 0 Å². The van der Waals surface area contributed by atoms with Crippen LogP contribution >= 0.6 is 8.03 Å². The fourth-order valence-electron chi connectivity index (χ4n) is 1.03. The summed E-state index contributed by atoms with van der Waals surface area (Å²) in [5.74, 6) is -0.373. The molecule has 0 aromatic carbocycles. The third-order valence-corrected chi connectivity index (χ3v) is 3.15. The Hall–Kier alpha value is -0.340. The summed E-state index contributed by atoms with van der Waals surface area (Å²) in [6.45, 7) is 0.453. The summed E-state index contributed by atoms with van der Waals surface area (Å²) in [6, 6.07) is 0. The molecular weight excluding hydrogens is 167 g/mol. The van der Waals surface area contributed by atoms with Crippen LogP contribution < -0.4 is 0 Å². The first-order valence-electron chi connectivity index (χ1n) is 3.50. The molecule has 1 aliphatic heterocycles. The molecule has 64 valence electrons. The van der Waals surface area contributed by atoms with Gasteiger partial charge in [-0.05, 0) is 12.8 Å². The number of hydrogen-bond donors (Lipinski definition) is 0. The lowest BCUT2D eigenvalue weighted by molar-refractivity contribution is -0.146. The summed E-state index contributed by atoms with van der Waals surface area (Å²) >= 11 is 0. The number of hydrogen-bond acceptors (Lipinski definition) is 4. The predicted octanol–water partition coefficient (Wildman–Crippen LogP) is 0.813. The highest BCUT2D eigenvalue weighted by molar-refractivity contribution is 7.41. The van der Waals surface area contributed by atoms with Gasteiger partial charge < -0.3 is 9.26 Å². The normalized spacial score (nSPS) is 27.7. The zero-order valence-electron chi connectivity index (χ0n) is 6.33. The number of ether oxygens (including phenoxy) is 1. The molecule has 0 bridgehead atoms. The number of carbonyl (C=O) groups excluding carboxylic acids is 1. The van der Waals surface area contributed by atoms with Crippen LogP contribution in [-0.2, 0) is 18.6 Å². The Kier molecular flexibility index (Phi) is 3.09. The fraction of sp³-hybridized carbons (Fsp3) is 0.833. The molecular formula is C6H11O4P. The highest BCUT2D eigenvalue weighted by Gasteiger charge is 2.29. The molecule has 1 heterocycles. The van der Waals surface area contributed by atoms with Crippen LogP contribution in [0.2, 0.25) is 0 Å². The van der Waals surface area contributed by atoms with Crippen molar-refractivity contribution in [3.05, 3.63) is 0 Å². The van der Waals surface area contributed by atoms with E-state index in [0.29, 0.717) is 13.0 Å². The van der Waals surface area contributed by atoms with Gasteiger partial charge in [0.15, 0.2) is 0 Å². The minimum Gasteiger partial charge on any atom is -0.465 e. The van der Waals surface area contributed by atoms with Crippen molar-refractivity contribution in [3.8, 4) is 0 Å². The second-order valence-corrected chi connectivity index (χ2v) is 4.13. The van der Waals surface area contributed by atoms with Crippen molar-refractivity contribution in [2.45, 2.75) is 18.5 Å². The number of cyclic esters (lactones) is 1. The Labute approximate surface area is 65.7 Å². The van der Waals surface area contributed by atoms with Crippen molar-refractivity contribution in [1.29, 1.82) is 0 Å². The summed E-state index contributed by atoms with van der Waals surface area (Å²) in [6.07, 6.45) is 1.42. The van der Waals surface area contributed by atoms with Crippen LogP contribution in [0.5, 0.6) is 0 Å². The first-order chi connectivity index (χ1) is 5.25. The Morgan fingerprint density at radius 1 is 1.73 bits per heavy atom. The minimum absolute atomic E-state index is 0.373. The summed E-state index contributed by atoms with van der Waals surface area (Å²) in [5, 5.41) is 0. The van der Waals surface area contributed by atoms with E-state index in [2.05, 4.69) is 4.52 Å². The molecule has 0 amide bonds. The van der Waals surface area contributed by atoms with E-state index in [0.717, 1.165) is 6.42 Å². The first-order valence-corrected chi connectivity index (χ1v) is 4.89. The summed E-state index contributed by atoms with van der Waals surface area (Å²) in [5.41, 5.74) is -0.501. The van der Waals surface area contributed by atoms with Gasteiger partial charge in [0.05, 0.1) is 6.61 Å². The monoisotopic (exact) mass is 178 g/mol. The van der Waals surface area contributed by atoms with Crippen LogP contribution in [0.3, 0.4) is 0 Å². The summed E-state index contributed by atoms with van der Waals surface area (Å²) < 4.78 is 20.4. The average molecular weight is 178 g/mol. The summed E-state index contributed by atoms with van der Waals surface area (Å²) in [7, 11) is -0.852. The molecule has 0 aromatic heterocycles. The third kappa shape index (κ3) is 2.04. The molecule has 5 heteroatoms. The lowest BCUT2D eigenvalue weighted by Crippen LogP contribution is -2.26. The van der Waals surface area contributed by atoms with Crippen molar-refractivity contribution in [2.24, 2.45) is 0 Å². The van der Waals surface area contributed by atoms with Gasteiger partial charge in [-0.15, -0.1) is 0 Å². The smallest absolute Gasteiger partial charge is 0.318 e. The SMILES string of the molecule is CO[PH](=O)C1CCCOC1=O. The van der Waals surface area contributed by atoms with E-state index in [1.807, 2.05) is 0 Å². The number of rotatable bonds is 2. The molecule has 0 radical (unpaired) electrons. The maximum atomic E-state index is 11.0. The predicted molar refractivity (Wildman–Crippen MR) is 40.0 cm³/mol. The highest BCUT2D eigenvalue weighted by atomic mass is 31.1. The molecule has 0 spiro atoms. The van der Waals surface area contributed by atoms with Crippen molar-refractivity contribution in [1.82, 2.24) is 0 Å². The van der Waals surface area contributed by atoms with Gasteiger partial charge in [0.2, 0.25) is 8.03 Å². The minimum atomic E-state index is -2.20. The van der Waals surface area contributed by atoms with E-state index < -0.39 is 13.7 Å². The highest BCUT2D eigenvalue weighted by Crippen LogP contribution is 2.34. The molecule has 1 aliphatic rings. The molecule has 0 saturated carbocycles. The van der Waals surface area contributed by atoms with Gasteiger partial charge in [0, 0.05) is 7.11 Å². The number of carbonyl (C=O) groups is 1. The average Bonchev–Trinajstić information content (AvgIpc) is 2.04. The lowest BCUT2D eigenvalue weighted by Gasteiger charge is -2.19. The molecule has 2 atom stereocenters. The van der Waals surface area contributed by atoms with Gasteiger partial charge >= 0.3 is 5.97 Å². The molecule has 0 N–H and O–H groups in total. The van der Waals surface area contributed by atoms with E-state index in [1.54, 1.807) is 0 Å². The molecule has 0 aliphatic carbocycles. The van der Waals surface area contributed by atoms with Crippen LogP contribution in [0.15, 0.2) is 0 Å². The van der Waals surface area contributed by atoms with Gasteiger partial charge in [0.25, 0.3) is 0 Å². The van der Waals surface area contributed by atoms with Gasteiger partial charge in [-0.2, -0.15) is 0 Å². The Morgan fingerprint density at radius 3 is 3.00 bits per heavy atom. The molecule has 1 saturated heterocycles. The Morgan fingerprint density at radius 2 is 2.45 bits per heavy atom. The molecule has 0 aromatic rings. The van der Waals surface area contributed by atoms with Crippen molar-refractivity contribution < 1.29 is 18.6 Å². The van der Waals surface area contributed by atoms with Crippen LogP contribution in [0.25, 0.3) is 0 Å². The van der Waals surface area contributed by atoms with Crippen LogP contribution in [-0.4, -0.2) is 25.3 Å². The Bertz CT molecular complexity index is 171. The molecule has 11 heavy (non-hydrogen) atoms. The van der Waals surface area contributed by atoms with Gasteiger partial charge in [-0.25, -0.2) is 0 Å². The van der Waals surface area contributed by atoms with Crippen molar-refractivity contribution in [3.63, 3.8) is 0 Å². The molecule has 4 nitrogen and oxygen atoms in total. The van der Waals surface area contributed by atoms with Gasteiger partial charge in [0.1, 0.15) is 5.66 Å². The van der Waals surface area contributed by atoms with E-state index in [-0.39, 0.29) is 5.97 Å². The molecule has 1 rings (SSSR count). The fourth-order valence-corrected chi connectivity index (χ4v) is 2.04. The van der Waals surface area contributed by atoms with Crippen molar-refractivity contribution in [2.75, 3.05) is 13.7 Å². The largest absolute Gasteiger partial charge is 0.465 e. The summed E-state index contributed by atoms with van der Waals surface area (Å²) in [4.78, 5) is 10.9. The quantitative estimate of drug-likeness (QED) is 0.463. The maximum absolute atomic E-state index is 11.0. The zero-order valence-corrected chi connectivity index (χ0v) is 7.33. The molecule has 2 unspecified atom stereocenters. The Balaban J connectivity index is 2.54. The molecule has 1 fully saturated rings. The number of esters is 1. The standard InChI is InChI=1S/C6H11O4P/c1-9-11(8)5-3-2-4-10-6(5)7/h5,11H,2-4H2,1H3. The lowest BCUT2D eigenvalue weighted by atomic mass is 10.2. The first kappa shape index (κ1) is 8.75. The second-order valence-electron chi connectivity index (χ2n) is 2.39. The zero-order chi connectivity index (χ0) is 8.27.